The van der Waals surface area contributed by atoms with Crippen molar-refractivity contribution in [1.29, 1.82) is 0 Å². The molecule has 18 heavy (non-hydrogen) atoms. The second-order valence-electron chi connectivity index (χ2n) is 3.08. The Bertz CT molecular complexity index is 475. The lowest BCUT2D eigenvalue weighted by Crippen LogP contribution is -2.20. The van der Waals surface area contributed by atoms with Crippen LogP contribution in [0.25, 0.3) is 0 Å². The zero-order valence-electron chi connectivity index (χ0n) is 8.66. The molecule has 1 aromatic rings. The van der Waals surface area contributed by atoms with Gasteiger partial charge in [0.2, 0.25) is 0 Å². The number of hydrogen-bond acceptors (Lipinski definition) is 4. The molecule has 1 rings (SSSR count). The van der Waals surface area contributed by atoms with Gasteiger partial charge >= 0.3 is 6.36 Å². The molecule has 0 saturated heterocycles. The van der Waals surface area contributed by atoms with Crippen molar-refractivity contribution in [3.8, 4) is 5.75 Å². The Hall–Kier alpha value is -2.00. The summed E-state index contributed by atoms with van der Waals surface area (Å²) in [6.07, 6.45) is -8.28. The first kappa shape index (κ1) is 14.1. The minimum atomic E-state index is -5.24. The molecule has 0 saturated carbocycles. The third kappa shape index (κ3) is 3.02. The maximum atomic E-state index is 12.6. The van der Waals surface area contributed by atoms with Crippen LogP contribution in [0.4, 0.5) is 27.6 Å². The number of nitro groups is 1. The molecule has 0 unspecified atom stereocenters. The molecule has 0 bridgehead atoms. The number of aryl methyl sites for hydroxylation is 1. The summed E-state index contributed by atoms with van der Waals surface area (Å²) in [5.74, 6) is -1.34. The van der Waals surface area contributed by atoms with Crippen molar-refractivity contribution in [2.45, 2.75) is 19.7 Å². The first-order valence-electron chi connectivity index (χ1n) is 4.31. The SMILES string of the molecule is Cc1ncc([N+](=O)[O-])c(C(F)F)c1OC(F)(F)F. The van der Waals surface area contributed by atoms with E-state index in [0.29, 0.717) is 6.20 Å². The van der Waals surface area contributed by atoms with Crippen molar-refractivity contribution >= 4 is 5.69 Å². The van der Waals surface area contributed by atoms with Gasteiger partial charge in [-0.2, -0.15) is 0 Å². The maximum absolute atomic E-state index is 12.6. The van der Waals surface area contributed by atoms with E-state index in [2.05, 4.69) is 9.72 Å². The van der Waals surface area contributed by atoms with E-state index < -0.39 is 40.4 Å². The summed E-state index contributed by atoms with van der Waals surface area (Å²) in [7, 11) is 0. The summed E-state index contributed by atoms with van der Waals surface area (Å²) in [6, 6.07) is 0. The molecule has 0 spiro atoms. The molecule has 100 valence electrons. The standard InChI is InChI=1S/C8H5F5N2O3/c1-3-6(18-8(11,12)13)5(7(9)10)4(2-14-3)15(16)17/h2,7H,1H3. The summed E-state index contributed by atoms with van der Waals surface area (Å²) in [5, 5.41) is 10.5. The quantitative estimate of drug-likeness (QED) is 0.481. The van der Waals surface area contributed by atoms with Crippen LogP contribution in [-0.2, 0) is 0 Å². The van der Waals surface area contributed by atoms with Crippen LogP contribution in [0.5, 0.6) is 5.75 Å². The predicted octanol–water partition coefficient (Wildman–Crippen LogP) is 3.13. The summed E-state index contributed by atoms with van der Waals surface area (Å²) in [5.41, 5.74) is -3.19. The number of ether oxygens (including phenoxy) is 1. The summed E-state index contributed by atoms with van der Waals surface area (Å²) < 4.78 is 64.7. The van der Waals surface area contributed by atoms with Crippen molar-refractivity contribution in [2.75, 3.05) is 0 Å². The number of aromatic nitrogens is 1. The Morgan fingerprint density at radius 1 is 1.44 bits per heavy atom. The van der Waals surface area contributed by atoms with Crippen molar-refractivity contribution in [3.05, 3.63) is 27.6 Å². The molecule has 1 heterocycles. The van der Waals surface area contributed by atoms with E-state index in [9.17, 15) is 32.1 Å². The van der Waals surface area contributed by atoms with Gasteiger partial charge in [0.15, 0.2) is 5.75 Å². The zero-order chi connectivity index (χ0) is 14.1. The van der Waals surface area contributed by atoms with Gasteiger partial charge < -0.3 is 4.74 Å². The van der Waals surface area contributed by atoms with Gasteiger partial charge in [-0.3, -0.25) is 15.1 Å². The third-order valence-electron chi connectivity index (χ3n) is 1.86. The lowest BCUT2D eigenvalue weighted by atomic mass is 10.2. The lowest BCUT2D eigenvalue weighted by Gasteiger charge is -2.14. The van der Waals surface area contributed by atoms with Gasteiger partial charge in [0.05, 0.1) is 10.6 Å². The van der Waals surface area contributed by atoms with Crippen LogP contribution in [0.1, 0.15) is 17.7 Å². The average Bonchev–Trinajstić information content (AvgIpc) is 2.17. The second-order valence-corrected chi connectivity index (χ2v) is 3.08. The largest absolute Gasteiger partial charge is 0.573 e. The Labute approximate surface area is 96.3 Å². The fourth-order valence-electron chi connectivity index (χ4n) is 1.20. The van der Waals surface area contributed by atoms with E-state index in [-0.39, 0.29) is 0 Å². The first-order valence-corrected chi connectivity index (χ1v) is 4.31. The molecule has 0 amide bonds. The van der Waals surface area contributed by atoms with E-state index >= 15 is 0 Å². The minimum absolute atomic E-state index is 0.458. The van der Waals surface area contributed by atoms with Crippen LogP contribution >= 0.6 is 0 Å². The number of rotatable bonds is 3. The molecule has 5 nitrogen and oxygen atoms in total. The van der Waals surface area contributed by atoms with Gasteiger partial charge in [-0.1, -0.05) is 0 Å². The van der Waals surface area contributed by atoms with E-state index in [1.54, 1.807) is 0 Å². The summed E-state index contributed by atoms with van der Waals surface area (Å²) in [4.78, 5) is 12.4. The topological polar surface area (TPSA) is 65.3 Å². The Morgan fingerprint density at radius 3 is 2.39 bits per heavy atom. The highest BCUT2D eigenvalue weighted by Crippen LogP contribution is 2.40. The molecule has 0 radical (unpaired) electrons. The van der Waals surface area contributed by atoms with Crippen LogP contribution < -0.4 is 4.74 Å². The zero-order valence-corrected chi connectivity index (χ0v) is 8.66. The Kier molecular flexibility index (Phi) is 3.67. The summed E-state index contributed by atoms with van der Waals surface area (Å²) >= 11 is 0. The van der Waals surface area contributed by atoms with E-state index in [0.717, 1.165) is 6.92 Å². The van der Waals surface area contributed by atoms with Crippen molar-refractivity contribution in [3.63, 3.8) is 0 Å². The molecule has 0 atom stereocenters. The highest BCUT2D eigenvalue weighted by Gasteiger charge is 2.37. The van der Waals surface area contributed by atoms with Crippen LogP contribution in [0.3, 0.4) is 0 Å². The molecule has 0 aromatic carbocycles. The molecule has 0 N–H and O–H groups in total. The predicted molar refractivity (Wildman–Crippen MR) is 47.3 cm³/mol. The fraction of sp³-hybridized carbons (Fsp3) is 0.375. The molecule has 0 aliphatic rings. The maximum Gasteiger partial charge on any atom is 0.573 e. The van der Waals surface area contributed by atoms with E-state index in [1.807, 2.05) is 0 Å². The molecule has 1 aromatic heterocycles. The minimum Gasteiger partial charge on any atom is -0.403 e. The molecule has 0 fully saturated rings. The number of hydrogen-bond donors (Lipinski definition) is 0. The van der Waals surface area contributed by atoms with Crippen molar-refractivity contribution in [2.24, 2.45) is 0 Å². The number of nitrogens with zero attached hydrogens (tertiary/aromatic N) is 2. The van der Waals surface area contributed by atoms with Gasteiger partial charge in [0, 0.05) is 0 Å². The van der Waals surface area contributed by atoms with Gasteiger partial charge in [-0.25, -0.2) is 8.78 Å². The average molecular weight is 272 g/mol. The highest BCUT2D eigenvalue weighted by molar-refractivity contribution is 5.50. The van der Waals surface area contributed by atoms with Gasteiger partial charge in [-0.05, 0) is 6.92 Å². The van der Waals surface area contributed by atoms with Crippen molar-refractivity contribution in [1.82, 2.24) is 4.98 Å². The van der Waals surface area contributed by atoms with E-state index in [4.69, 9.17) is 0 Å². The number of pyridine rings is 1. The Balaban J connectivity index is 3.46. The molecule has 10 heteroatoms. The Morgan fingerprint density at radius 2 is 2.00 bits per heavy atom. The van der Waals surface area contributed by atoms with Crippen LogP contribution in [0.2, 0.25) is 0 Å². The third-order valence-corrected chi connectivity index (χ3v) is 1.86. The van der Waals surface area contributed by atoms with Crippen LogP contribution in [-0.4, -0.2) is 16.3 Å². The monoisotopic (exact) mass is 272 g/mol. The molecular formula is C8H5F5N2O3. The molecule has 0 aliphatic heterocycles. The van der Waals surface area contributed by atoms with Gasteiger partial charge in [0.1, 0.15) is 11.8 Å². The smallest absolute Gasteiger partial charge is 0.403 e. The van der Waals surface area contributed by atoms with Crippen molar-refractivity contribution < 1.29 is 31.6 Å². The molecular weight excluding hydrogens is 267 g/mol. The van der Waals surface area contributed by atoms with E-state index in [1.165, 1.54) is 0 Å². The highest BCUT2D eigenvalue weighted by atomic mass is 19.4. The second kappa shape index (κ2) is 4.70. The normalized spacial score (nSPS) is 11.7. The number of halogens is 5. The van der Waals surface area contributed by atoms with Crippen LogP contribution in [0.15, 0.2) is 6.20 Å². The molecule has 0 aliphatic carbocycles. The number of alkyl halides is 5. The summed E-state index contributed by atoms with van der Waals surface area (Å²) in [6.45, 7) is 0.969. The first-order chi connectivity index (χ1) is 8.13. The fourth-order valence-corrected chi connectivity index (χ4v) is 1.20. The van der Waals surface area contributed by atoms with Gasteiger partial charge in [-0.15, -0.1) is 13.2 Å². The lowest BCUT2D eigenvalue weighted by molar-refractivity contribution is -0.386. The van der Waals surface area contributed by atoms with Gasteiger partial charge in [0.25, 0.3) is 12.1 Å². The van der Waals surface area contributed by atoms with Crippen LogP contribution in [0, 0.1) is 17.0 Å².